The van der Waals surface area contributed by atoms with Crippen molar-refractivity contribution in [3.8, 4) is 11.5 Å². The molecule has 2 atom stereocenters. The summed E-state index contributed by atoms with van der Waals surface area (Å²) < 4.78 is 32.3. The summed E-state index contributed by atoms with van der Waals surface area (Å²) in [5.41, 5.74) is 3.21. The molecule has 39 heavy (non-hydrogen) atoms. The van der Waals surface area contributed by atoms with Crippen LogP contribution in [0, 0.1) is 0 Å². The summed E-state index contributed by atoms with van der Waals surface area (Å²) in [6.07, 6.45) is 1.26. The third-order valence-corrected chi connectivity index (χ3v) is 9.15. The molecule has 0 aromatic heterocycles. The second-order valence-corrected chi connectivity index (χ2v) is 11.7. The number of rotatable bonds is 6. The van der Waals surface area contributed by atoms with Crippen LogP contribution >= 0.6 is 11.6 Å². The molecule has 0 saturated carbocycles. The topological polar surface area (TPSA) is 71.6 Å². The summed E-state index contributed by atoms with van der Waals surface area (Å²) in [5, 5.41) is 0.594. The van der Waals surface area contributed by atoms with E-state index in [9.17, 15) is 9.00 Å². The smallest absolute Gasteiger partial charge is 0.409 e. The Morgan fingerprint density at radius 3 is 2.56 bits per heavy atom. The van der Waals surface area contributed by atoms with Crippen LogP contribution in [0.15, 0.2) is 71.6 Å². The highest BCUT2D eigenvalue weighted by Gasteiger charge is 2.33. The van der Waals surface area contributed by atoms with Crippen molar-refractivity contribution in [3.63, 3.8) is 0 Å². The van der Waals surface area contributed by atoms with Gasteiger partial charge in [0, 0.05) is 37.7 Å². The van der Waals surface area contributed by atoms with E-state index >= 15 is 0 Å². The molecule has 1 fully saturated rings. The number of carbonyl (C=O) groups is 1. The molecule has 204 valence electrons. The number of para-hydroxylation sites is 1. The molecule has 2 unspecified atom stereocenters. The molecule has 3 aromatic carbocycles. The molecule has 0 radical (unpaired) electrons. The van der Waals surface area contributed by atoms with Crippen molar-refractivity contribution < 1.29 is 23.2 Å². The van der Waals surface area contributed by atoms with Gasteiger partial charge in [-0.15, -0.1) is 0 Å². The first-order chi connectivity index (χ1) is 19.0. The number of benzene rings is 3. The lowest BCUT2D eigenvalue weighted by molar-refractivity contribution is 0.0705. The Morgan fingerprint density at radius 1 is 0.974 bits per heavy atom. The molecule has 10 heteroatoms. The van der Waals surface area contributed by atoms with Crippen molar-refractivity contribution in [2.75, 3.05) is 43.9 Å². The van der Waals surface area contributed by atoms with E-state index in [0.717, 1.165) is 60.8 Å². The Balaban J connectivity index is 1.06. The molecule has 3 heterocycles. The number of aryl methyl sites for hydroxylation is 1. The maximum absolute atomic E-state index is 13.7. The maximum Gasteiger partial charge on any atom is 0.409 e. The molecule has 6 rings (SSSR count). The molecular formula is C29H30ClN3O5S. The first-order valence-electron chi connectivity index (χ1n) is 13.1. The van der Waals surface area contributed by atoms with Crippen molar-refractivity contribution in [2.45, 2.75) is 30.3 Å². The Labute approximate surface area is 235 Å². The predicted octanol–water partition coefficient (Wildman–Crippen LogP) is 4.87. The van der Waals surface area contributed by atoms with Crippen LogP contribution in [0.2, 0.25) is 5.02 Å². The monoisotopic (exact) mass is 567 g/mol. The summed E-state index contributed by atoms with van der Waals surface area (Å²) in [4.78, 5) is 17.7. The highest BCUT2D eigenvalue weighted by atomic mass is 35.5. The zero-order valence-corrected chi connectivity index (χ0v) is 23.0. The van der Waals surface area contributed by atoms with Gasteiger partial charge in [-0.2, -0.15) is 0 Å². The van der Waals surface area contributed by atoms with Gasteiger partial charge in [-0.1, -0.05) is 35.9 Å². The molecular weight excluding hydrogens is 538 g/mol. The van der Waals surface area contributed by atoms with Gasteiger partial charge in [0.15, 0.2) is 22.5 Å². The lowest BCUT2D eigenvalue weighted by atomic mass is 9.98. The standard InChI is InChI=1S/C29H30ClN3O5S/c30-23-7-10-25(11-8-23)39(35)33-24(9-6-22-3-1-2-4-26(22)33)19-36-29(34)32-15-13-31(14-16-32)18-21-5-12-27-28(17-21)38-20-37-27/h1-5,7-8,10-12,17,24H,6,9,13-16,18-20H2. The number of anilines is 1. The number of carbonyl (C=O) groups excluding carboxylic acids is 1. The zero-order valence-electron chi connectivity index (χ0n) is 21.5. The Kier molecular flexibility index (Phi) is 7.63. The Hall–Kier alpha value is -3.27. The van der Waals surface area contributed by atoms with Crippen molar-refractivity contribution >= 4 is 34.4 Å². The number of halogens is 1. The first-order valence-corrected chi connectivity index (χ1v) is 14.6. The van der Waals surface area contributed by atoms with Crippen molar-refractivity contribution in [2.24, 2.45) is 0 Å². The van der Waals surface area contributed by atoms with Crippen molar-refractivity contribution in [1.29, 1.82) is 0 Å². The summed E-state index contributed by atoms with van der Waals surface area (Å²) in [7, 11) is -1.47. The second kappa shape index (κ2) is 11.5. The summed E-state index contributed by atoms with van der Waals surface area (Å²) >= 11 is 6.05. The molecule has 3 aliphatic heterocycles. The fraction of sp³-hybridized carbons (Fsp3) is 0.345. The molecule has 3 aromatic rings. The van der Waals surface area contributed by atoms with E-state index in [4.69, 9.17) is 25.8 Å². The van der Waals surface area contributed by atoms with Gasteiger partial charge in [0.1, 0.15) is 6.61 Å². The Bertz CT molecular complexity index is 1360. The van der Waals surface area contributed by atoms with Gasteiger partial charge in [0.05, 0.1) is 16.6 Å². The number of hydrogen-bond donors (Lipinski definition) is 0. The minimum Gasteiger partial charge on any atom is -0.454 e. The maximum atomic E-state index is 13.7. The van der Waals surface area contributed by atoms with E-state index in [2.05, 4.69) is 17.0 Å². The minimum absolute atomic E-state index is 0.171. The summed E-state index contributed by atoms with van der Waals surface area (Å²) in [6.45, 7) is 3.92. The first kappa shape index (κ1) is 26.0. The molecule has 1 amide bonds. The number of ether oxygens (including phenoxy) is 3. The fourth-order valence-corrected chi connectivity index (χ4v) is 6.77. The van der Waals surface area contributed by atoms with Gasteiger partial charge >= 0.3 is 6.09 Å². The van der Waals surface area contributed by atoms with Crippen molar-refractivity contribution in [3.05, 3.63) is 82.9 Å². The molecule has 0 N–H and O–H groups in total. The summed E-state index contributed by atoms with van der Waals surface area (Å²) in [5.74, 6) is 1.56. The van der Waals surface area contributed by atoms with Gasteiger partial charge < -0.3 is 19.1 Å². The average Bonchev–Trinajstić information content (AvgIpc) is 3.44. The summed E-state index contributed by atoms with van der Waals surface area (Å²) in [6, 6.07) is 20.8. The molecule has 0 aliphatic carbocycles. The number of nitrogens with zero attached hydrogens (tertiary/aromatic N) is 3. The van der Waals surface area contributed by atoms with Gasteiger partial charge in [-0.05, 0) is 66.4 Å². The molecule has 3 aliphatic rings. The highest BCUT2D eigenvalue weighted by molar-refractivity contribution is 7.86. The highest BCUT2D eigenvalue weighted by Crippen LogP contribution is 2.35. The molecule has 0 bridgehead atoms. The van der Waals surface area contributed by atoms with Crippen LogP contribution in [0.4, 0.5) is 10.5 Å². The van der Waals surface area contributed by atoms with Crippen LogP contribution in [0.25, 0.3) is 0 Å². The molecule has 1 saturated heterocycles. The van der Waals surface area contributed by atoms with Gasteiger partial charge in [0.2, 0.25) is 6.79 Å². The fourth-order valence-electron chi connectivity index (χ4n) is 5.26. The van der Waals surface area contributed by atoms with Crippen LogP contribution in [-0.4, -0.2) is 65.7 Å². The van der Waals surface area contributed by atoms with E-state index < -0.39 is 11.0 Å². The van der Waals surface area contributed by atoms with Gasteiger partial charge in [0.25, 0.3) is 0 Å². The SMILES string of the molecule is O=C(OCC1CCc2ccccc2N1S(=O)c1ccc(Cl)cc1)N1CCN(Cc2ccc3c(c2)OCO3)CC1. The van der Waals surface area contributed by atoms with E-state index in [0.29, 0.717) is 23.0 Å². The van der Waals surface area contributed by atoms with Crippen LogP contribution in [-0.2, 0) is 28.7 Å². The number of fused-ring (bicyclic) bond motifs is 2. The van der Waals surface area contributed by atoms with Gasteiger partial charge in [-0.3, -0.25) is 9.21 Å². The normalized spacial score (nSPS) is 19.5. The largest absolute Gasteiger partial charge is 0.454 e. The second-order valence-electron chi connectivity index (χ2n) is 9.88. The van der Waals surface area contributed by atoms with E-state index in [1.165, 1.54) is 0 Å². The minimum atomic E-state index is -1.47. The van der Waals surface area contributed by atoms with E-state index in [1.54, 1.807) is 29.2 Å². The Morgan fingerprint density at radius 2 is 1.74 bits per heavy atom. The van der Waals surface area contributed by atoms with Crippen LogP contribution in [0.5, 0.6) is 11.5 Å². The predicted molar refractivity (Wildman–Crippen MR) is 150 cm³/mol. The average molecular weight is 568 g/mol. The van der Waals surface area contributed by atoms with Crippen LogP contribution < -0.4 is 13.8 Å². The molecule has 8 nitrogen and oxygen atoms in total. The van der Waals surface area contributed by atoms with Gasteiger partial charge in [-0.25, -0.2) is 9.00 Å². The zero-order chi connectivity index (χ0) is 26.8. The number of piperazine rings is 1. The van der Waals surface area contributed by atoms with Crippen LogP contribution in [0.3, 0.4) is 0 Å². The number of amides is 1. The third kappa shape index (κ3) is 5.71. The molecule has 0 spiro atoms. The lowest BCUT2D eigenvalue weighted by Crippen LogP contribution is -2.50. The van der Waals surface area contributed by atoms with Crippen molar-refractivity contribution in [1.82, 2.24) is 9.80 Å². The third-order valence-electron chi connectivity index (χ3n) is 7.37. The number of hydrogen-bond acceptors (Lipinski definition) is 6. The van der Waals surface area contributed by atoms with E-state index in [1.807, 2.05) is 34.6 Å². The lowest BCUT2D eigenvalue weighted by Gasteiger charge is -2.38. The quantitative estimate of drug-likeness (QED) is 0.423. The van der Waals surface area contributed by atoms with E-state index in [-0.39, 0.29) is 25.5 Å². The van der Waals surface area contributed by atoms with Crippen LogP contribution in [0.1, 0.15) is 17.5 Å².